The molecule has 0 amide bonds. The smallest absolute Gasteiger partial charge is 0.199 e. The summed E-state index contributed by atoms with van der Waals surface area (Å²) in [5.41, 5.74) is 2.15. The van der Waals surface area contributed by atoms with Gasteiger partial charge in [-0.3, -0.25) is 14.5 Å². The van der Waals surface area contributed by atoms with Gasteiger partial charge in [0.05, 0.1) is 16.7 Å². The molecular formula is C21H21Cl2N5S. The highest BCUT2D eigenvalue weighted by Gasteiger charge is 2.32. The Hall–Kier alpha value is -1.73. The largest absolute Gasteiger partial charge is 0.297 e. The lowest BCUT2D eigenvalue weighted by Crippen LogP contribution is -2.29. The maximum absolute atomic E-state index is 6.22. The lowest BCUT2D eigenvalue weighted by atomic mass is 10.2. The monoisotopic (exact) mass is 445 g/mol. The molecule has 1 aromatic carbocycles. The first-order chi connectivity index (χ1) is 14.1. The number of aromatic nitrogens is 4. The summed E-state index contributed by atoms with van der Waals surface area (Å²) >= 11 is 18.1. The Kier molecular flexibility index (Phi) is 5.20. The van der Waals surface area contributed by atoms with Crippen molar-refractivity contribution in [1.82, 2.24) is 24.2 Å². The maximum atomic E-state index is 6.22. The Morgan fingerprint density at radius 1 is 1.10 bits per heavy atom. The molecule has 2 aromatic heterocycles. The van der Waals surface area contributed by atoms with E-state index in [0.717, 1.165) is 41.1 Å². The van der Waals surface area contributed by atoms with Crippen LogP contribution in [0.25, 0.3) is 11.4 Å². The molecule has 0 spiro atoms. The van der Waals surface area contributed by atoms with Crippen molar-refractivity contribution < 1.29 is 0 Å². The number of hydrogen-bond acceptors (Lipinski definition) is 4. The van der Waals surface area contributed by atoms with Crippen molar-refractivity contribution in [3.8, 4) is 11.4 Å². The first-order valence-electron chi connectivity index (χ1n) is 9.88. The minimum absolute atomic E-state index is 0.455. The van der Waals surface area contributed by atoms with Crippen LogP contribution in [0.15, 0.2) is 42.7 Å². The van der Waals surface area contributed by atoms with Gasteiger partial charge in [0, 0.05) is 36.6 Å². The first kappa shape index (κ1) is 19.2. The van der Waals surface area contributed by atoms with E-state index in [2.05, 4.69) is 14.5 Å². The Morgan fingerprint density at radius 2 is 1.93 bits per heavy atom. The van der Waals surface area contributed by atoms with Gasteiger partial charge in [-0.05, 0) is 67.7 Å². The summed E-state index contributed by atoms with van der Waals surface area (Å²) in [4.78, 5) is 6.68. The average Bonchev–Trinajstić information content (AvgIpc) is 3.64. The van der Waals surface area contributed by atoms with Crippen LogP contribution in [0.4, 0.5) is 0 Å². The van der Waals surface area contributed by atoms with Gasteiger partial charge < -0.3 is 0 Å². The fraction of sp³-hybridized carbons (Fsp3) is 0.381. The molecule has 2 aliphatic carbocycles. The van der Waals surface area contributed by atoms with Gasteiger partial charge in [-0.25, -0.2) is 4.68 Å². The molecule has 150 valence electrons. The zero-order valence-corrected chi connectivity index (χ0v) is 18.2. The van der Waals surface area contributed by atoms with E-state index < -0.39 is 0 Å². The van der Waals surface area contributed by atoms with Gasteiger partial charge >= 0.3 is 0 Å². The number of benzene rings is 1. The normalized spacial score (nSPS) is 16.5. The molecule has 2 saturated carbocycles. The van der Waals surface area contributed by atoms with E-state index in [-0.39, 0.29) is 0 Å². The number of rotatable bonds is 7. The summed E-state index contributed by atoms with van der Waals surface area (Å²) in [6.45, 7) is 1.46. The predicted octanol–water partition coefficient (Wildman–Crippen LogP) is 5.74. The molecule has 0 unspecified atom stereocenters. The minimum Gasteiger partial charge on any atom is -0.297 e. The van der Waals surface area contributed by atoms with Gasteiger partial charge in [0.15, 0.2) is 10.6 Å². The van der Waals surface area contributed by atoms with E-state index in [0.29, 0.717) is 28.8 Å². The molecule has 0 saturated heterocycles. The Balaban J connectivity index is 1.45. The molecule has 5 nitrogen and oxygen atoms in total. The number of halogens is 2. The first-order valence-corrected chi connectivity index (χ1v) is 11.0. The van der Waals surface area contributed by atoms with Crippen LogP contribution in [0, 0.1) is 4.77 Å². The van der Waals surface area contributed by atoms with Gasteiger partial charge in [0.1, 0.15) is 0 Å². The van der Waals surface area contributed by atoms with Crippen molar-refractivity contribution >= 4 is 35.4 Å². The highest BCUT2D eigenvalue weighted by atomic mass is 35.5. The number of hydrogen-bond donors (Lipinski definition) is 0. The van der Waals surface area contributed by atoms with Gasteiger partial charge in [-0.2, -0.15) is 5.10 Å². The third-order valence-corrected chi connectivity index (χ3v) is 6.60. The van der Waals surface area contributed by atoms with Gasteiger partial charge in [0.25, 0.3) is 0 Å². The van der Waals surface area contributed by atoms with Crippen LogP contribution < -0.4 is 0 Å². The molecule has 3 aromatic rings. The molecule has 2 heterocycles. The molecule has 29 heavy (non-hydrogen) atoms. The van der Waals surface area contributed by atoms with E-state index in [4.69, 9.17) is 40.5 Å². The van der Waals surface area contributed by atoms with Crippen LogP contribution in [0.5, 0.6) is 0 Å². The van der Waals surface area contributed by atoms with Crippen molar-refractivity contribution in [3.63, 3.8) is 0 Å². The molecule has 0 radical (unpaired) electrons. The molecule has 0 atom stereocenters. The zero-order chi connectivity index (χ0) is 20.0. The second kappa shape index (κ2) is 7.84. The summed E-state index contributed by atoms with van der Waals surface area (Å²) in [6, 6.07) is 10.8. The second-order valence-electron chi connectivity index (χ2n) is 7.82. The van der Waals surface area contributed by atoms with Crippen LogP contribution in [0.3, 0.4) is 0 Å². The van der Waals surface area contributed by atoms with E-state index in [9.17, 15) is 0 Å². The Labute approximate surface area is 184 Å². The van der Waals surface area contributed by atoms with Crippen LogP contribution in [-0.2, 0) is 13.2 Å². The molecule has 0 bridgehead atoms. The molecule has 2 aliphatic rings. The lowest BCUT2D eigenvalue weighted by Gasteiger charge is -2.22. The molecule has 2 fully saturated rings. The van der Waals surface area contributed by atoms with E-state index in [1.807, 2.05) is 41.2 Å². The van der Waals surface area contributed by atoms with Crippen LogP contribution in [0.1, 0.15) is 37.3 Å². The fourth-order valence-electron chi connectivity index (χ4n) is 3.64. The maximum Gasteiger partial charge on any atom is 0.199 e. The van der Waals surface area contributed by atoms with Crippen LogP contribution in [-0.4, -0.2) is 30.3 Å². The lowest BCUT2D eigenvalue weighted by molar-refractivity contribution is 0.186. The van der Waals surface area contributed by atoms with Gasteiger partial charge in [-0.1, -0.05) is 29.3 Å². The molecule has 0 N–H and O–H groups in total. The van der Waals surface area contributed by atoms with Crippen molar-refractivity contribution in [1.29, 1.82) is 0 Å². The highest BCUT2D eigenvalue weighted by molar-refractivity contribution is 7.71. The Bertz CT molecular complexity index is 1090. The summed E-state index contributed by atoms with van der Waals surface area (Å²) < 4.78 is 4.95. The van der Waals surface area contributed by atoms with Crippen molar-refractivity contribution in [3.05, 3.63) is 63.1 Å². The Morgan fingerprint density at radius 3 is 2.59 bits per heavy atom. The zero-order valence-electron chi connectivity index (χ0n) is 15.8. The standard InChI is InChI=1S/C21H21Cl2N5S/c22-18-8-3-14(10-19(18)23)12-26(16-4-5-16)13-27-21(29)28(17-6-7-17)20(25-27)15-2-1-9-24-11-15/h1-3,8-11,16-17H,4-7,12-13H2. The molecular weight excluding hydrogens is 425 g/mol. The quantitative estimate of drug-likeness (QED) is 0.434. The van der Waals surface area contributed by atoms with Crippen LogP contribution in [0.2, 0.25) is 10.0 Å². The highest BCUT2D eigenvalue weighted by Crippen LogP contribution is 2.38. The summed E-state index contributed by atoms with van der Waals surface area (Å²) in [7, 11) is 0. The summed E-state index contributed by atoms with van der Waals surface area (Å²) in [5, 5.41) is 6.09. The summed E-state index contributed by atoms with van der Waals surface area (Å²) in [6.07, 6.45) is 8.35. The topological polar surface area (TPSA) is 38.9 Å². The summed E-state index contributed by atoms with van der Waals surface area (Å²) in [5.74, 6) is 0.913. The number of pyridine rings is 1. The molecule has 0 aliphatic heterocycles. The fourth-order valence-corrected chi connectivity index (χ4v) is 4.30. The second-order valence-corrected chi connectivity index (χ2v) is 9.00. The average molecular weight is 446 g/mol. The van der Waals surface area contributed by atoms with E-state index in [1.165, 1.54) is 12.8 Å². The van der Waals surface area contributed by atoms with Gasteiger partial charge in [0.2, 0.25) is 0 Å². The van der Waals surface area contributed by atoms with Crippen LogP contribution >= 0.6 is 35.4 Å². The molecule has 5 rings (SSSR count). The SMILES string of the molecule is S=c1n(CN(Cc2ccc(Cl)c(Cl)c2)C2CC2)nc(-c2cccnc2)n1C1CC1. The molecule has 8 heteroatoms. The van der Waals surface area contributed by atoms with Gasteiger partial charge in [-0.15, -0.1) is 0 Å². The van der Waals surface area contributed by atoms with Crippen molar-refractivity contribution in [2.45, 2.75) is 51.0 Å². The number of nitrogens with zero attached hydrogens (tertiary/aromatic N) is 5. The minimum atomic E-state index is 0.455. The predicted molar refractivity (Wildman–Crippen MR) is 118 cm³/mol. The van der Waals surface area contributed by atoms with E-state index in [1.54, 1.807) is 6.20 Å². The van der Waals surface area contributed by atoms with Crippen molar-refractivity contribution in [2.24, 2.45) is 0 Å². The third kappa shape index (κ3) is 4.12. The van der Waals surface area contributed by atoms with E-state index >= 15 is 0 Å². The third-order valence-electron chi connectivity index (χ3n) is 5.45. The van der Waals surface area contributed by atoms with Crippen molar-refractivity contribution in [2.75, 3.05) is 0 Å².